The van der Waals surface area contributed by atoms with Crippen molar-refractivity contribution in [3.8, 4) is 0 Å². The minimum Gasteiger partial charge on any atom is -0.331 e. The van der Waals surface area contributed by atoms with Crippen LogP contribution in [0.15, 0.2) is 12.5 Å². The van der Waals surface area contributed by atoms with E-state index in [2.05, 4.69) is 55.1 Å². The van der Waals surface area contributed by atoms with Crippen molar-refractivity contribution in [1.82, 2.24) is 14.9 Å². The molecule has 2 aliphatic rings. The Morgan fingerprint density at radius 2 is 1.90 bits per heavy atom. The lowest BCUT2D eigenvalue weighted by molar-refractivity contribution is 0.0706. The zero-order chi connectivity index (χ0) is 15.1. The van der Waals surface area contributed by atoms with Crippen LogP contribution >= 0.6 is 0 Å². The summed E-state index contributed by atoms with van der Waals surface area (Å²) in [4.78, 5) is 4.50. The van der Waals surface area contributed by atoms with Crippen LogP contribution in [-0.4, -0.2) is 22.6 Å². The highest BCUT2D eigenvalue weighted by Crippen LogP contribution is 2.50. The number of piperidine rings is 1. The molecular formula is C18H31N3. The molecule has 2 fully saturated rings. The van der Waals surface area contributed by atoms with Crippen LogP contribution in [0, 0.1) is 10.8 Å². The van der Waals surface area contributed by atoms with Crippen molar-refractivity contribution in [2.75, 3.05) is 13.1 Å². The van der Waals surface area contributed by atoms with Gasteiger partial charge in [0, 0.05) is 30.4 Å². The lowest BCUT2D eigenvalue weighted by Crippen LogP contribution is -2.36. The molecule has 1 saturated heterocycles. The molecule has 0 radical (unpaired) electrons. The van der Waals surface area contributed by atoms with Gasteiger partial charge in [0.2, 0.25) is 0 Å². The van der Waals surface area contributed by atoms with E-state index in [4.69, 9.17) is 0 Å². The molecule has 2 heterocycles. The molecule has 0 bridgehead atoms. The summed E-state index contributed by atoms with van der Waals surface area (Å²) in [6, 6.07) is 0.614. The average Bonchev–Trinajstić information content (AvgIpc) is 2.85. The van der Waals surface area contributed by atoms with Crippen LogP contribution < -0.4 is 5.32 Å². The van der Waals surface area contributed by atoms with Crippen molar-refractivity contribution in [2.24, 2.45) is 10.8 Å². The summed E-state index contributed by atoms with van der Waals surface area (Å²) in [6.07, 6.45) is 10.7. The van der Waals surface area contributed by atoms with Crippen LogP contribution in [0.3, 0.4) is 0 Å². The van der Waals surface area contributed by atoms with Gasteiger partial charge in [0.15, 0.2) is 0 Å². The van der Waals surface area contributed by atoms with E-state index in [0.717, 1.165) is 6.54 Å². The molecule has 0 aromatic carbocycles. The summed E-state index contributed by atoms with van der Waals surface area (Å²) < 4.78 is 2.51. The van der Waals surface area contributed by atoms with Crippen molar-refractivity contribution in [1.29, 1.82) is 0 Å². The number of imidazole rings is 1. The van der Waals surface area contributed by atoms with E-state index in [0.29, 0.717) is 22.8 Å². The first kappa shape index (κ1) is 15.1. The molecule has 1 aromatic heterocycles. The number of nitrogens with one attached hydrogen (secondary N) is 1. The Morgan fingerprint density at radius 1 is 1.19 bits per heavy atom. The standard InChI is InChI=1S/C18H31N3/c1-17(2)8-15(9-18(3,4)12-17)21-13-20-11-16(21)14-6-5-7-19-10-14/h11,13-15,19H,5-10,12H2,1-4H3. The summed E-state index contributed by atoms with van der Waals surface area (Å²) in [6.45, 7) is 12.0. The van der Waals surface area contributed by atoms with E-state index >= 15 is 0 Å². The van der Waals surface area contributed by atoms with Gasteiger partial charge in [-0.3, -0.25) is 0 Å². The van der Waals surface area contributed by atoms with E-state index < -0.39 is 0 Å². The Hall–Kier alpha value is -0.830. The molecule has 1 aromatic rings. The van der Waals surface area contributed by atoms with Crippen molar-refractivity contribution >= 4 is 0 Å². The highest BCUT2D eigenvalue weighted by molar-refractivity contribution is 5.11. The van der Waals surface area contributed by atoms with Gasteiger partial charge in [-0.05, 0) is 49.5 Å². The lowest BCUT2D eigenvalue weighted by atomic mass is 9.63. The topological polar surface area (TPSA) is 29.9 Å². The van der Waals surface area contributed by atoms with Crippen LogP contribution in [0.4, 0.5) is 0 Å². The summed E-state index contributed by atoms with van der Waals surface area (Å²) in [5.41, 5.74) is 2.32. The largest absolute Gasteiger partial charge is 0.331 e. The van der Waals surface area contributed by atoms with Crippen LogP contribution in [0.5, 0.6) is 0 Å². The summed E-state index contributed by atoms with van der Waals surface area (Å²) >= 11 is 0. The molecular weight excluding hydrogens is 258 g/mol. The second-order valence-corrected chi connectivity index (χ2v) is 8.84. The molecule has 0 amide bonds. The van der Waals surface area contributed by atoms with Crippen molar-refractivity contribution in [3.63, 3.8) is 0 Å². The van der Waals surface area contributed by atoms with Gasteiger partial charge >= 0.3 is 0 Å². The first-order valence-corrected chi connectivity index (χ1v) is 8.59. The molecule has 3 heteroatoms. The highest BCUT2D eigenvalue weighted by atomic mass is 15.1. The fraction of sp³-hybridized carbons (Fsp3) is 0.833. The van der Waals surface area contributed by atoms with Crippen LogP contribution in [-0.2, 0) is 0 Å². The van der Waals surface area contributed by atoms with Gasteiger partial charge in [-0.1, -0.05) is 27.7 Å². The van der Waals surface area contributed by atoms with Crippen LogP contribution in [0.25, 0.3) is 0 Å². The van der Waals surface area contributed by atoms with Crippen molar-refractivity contribution in [3.05, 3.63) is 18.2 Å². The molecule has 1 unspecified atom stereocenters. The van der Waals surface area contributed by atoms with Gasteiger partial charge < -0.3 is 9.88 Å². The molecule has 1 N–H and O–H groups in total. The number of nitrogens with zero attached hydrogens (tertiary/aromatic N) is 2. The van der Waals surface area contributed by atoms with Gasteiger partial charge in [-0.2, -0.15) is 0 Å². The Balaban J connectivity index is 1.85. The summed E-state index contributed by atoms with van der Waals surface area (Å²) in [5, 5.41) is 3.54. The van der Waals surface area contributed by atoms with Gasteiger partial charge in [-0.25, -0.2) is 4.98 Å². The molecule has 0 spiro atoms. The SMILES string of the molecule is CC1(C)CC(n2cncc2C2CCCNC2)CC(C)(C)C1. The third-order valence-corrected chi connectivity index (χ3v) is 5.34. The minimum atomic E-state index is 0.429. The molecule has 3 rings (SSSR count). The molecule has 1 aliphatic heterocycles. The maximum atomic E-state index is 4.50. The molecule has 3 nitrogen and oxygen atoms in total. The fourth-order valence-electron chi connectivity index (χ4n) is 5.02. The Labute approximate surface area is 129 Å². The van der Waals surface area contributed by atoms with Crippen LogP contribution in [0.1, 0.15) is 77.5 Å². The number of hydrogen-bond acceptors (Lipinski definition) is 2. The quantitative estimate of drug-likeness (QED) is 0.887. The zero-order valence-corrected chi connectivity index (χ0v) is 14.2. The molecule has 1 saturated carbocycles. The number of hydrogen-bond donors (Lipinski definition) is 1. The van der Waals surface area contributed by atoms with E-state index in [9.17, 15) is 0 Å². The van der Waals surface area contributed by atoms with E-state index in [1.54, 1.807) is 0 Å². The molecule has 118 valence electrons. The molecule has 21 heavy (non-hydrogen) atoms. The maximum Gasteiger partial charge on any atom is 0.0950 e. The molecule has 1 aliphatic carbocycles. The van der Waals surface area contributed by atoms with Crippen molar-refractivity contribution in [2.45, 2.75) is 71.8 Å². The Kier molecular flexibility index (Phi) is 3.89. The maximum absolute atomic E-state index is 4.50. The first-order chi connectivity index (χ1) is 9.86. The molecule has 1 atom stereocenters. The Morgan fingerprint density at radius 3 is 2.52 bits per heavy atom. The van der Waals surface area contributed by atoms with E-state index in [-0.39, 0.29) is 0 Å². The van der Waals surface area contributed by atoms with Gasteiger partial charge in [0.25, 0.3) is 0 Å². The van der Waals surface area contributed by atoms with E-state index in [1.807, 2.05) is 0 Å². The fourth-order valence-corrected chi connectivity index (χ4v) is 5.02. The third kappa shape index (κ3) is 3.33. The van der Waals surface area contributed by atoms with Gasteiger partial charge in [0.05, 0.1) is 6.33 Å². The third-order valence-electron chi connectivity index (χ3n) is 5.34. The minimum absolute atomic E-state index is 0.429. The zero-order valence-electron chi connectivity index (χ0n) is 14.2. The lowest BCUT2D eigenvalue weighted by Gasteiger charge is -2.46. The normalized spacial score (nSPS) is 29.4. The second-order valence-electron chi connectivity index (χ2n) is 8.84. The monoisotopic (exact) mass is 289 g/mol. The van der Waals surface area contributed by atoms with Crippen LogP contribution in [0.2, 0.25) is 0 Å². The van der Waals surface area contributed by atoms with Gasteiger partial charge in [0.1, 0.15) is 0 Å². The second kappa shape index (κ2) is 5.42. The number of rotatable bonds is 2. The van der Waals surface area contributed by atoms with Crippen molar-refractivity contribution < 1.29 is 0 Å². The van der Waals surface area contributed by atoms with E-state index in [1.165, 1.54) is 44.3 Å². The predicted molar refractivity (Wildman–Crippen MR) is 87.5 cm³/mol. The predicted octanol–water partition coefficient (Wildman–Crippen LogP) is 4.13. The smallest absolute Gasteiger partial charge is 0.0950 e. The van der Waals surface area contributed by atoms with Gasteiger partial charge in [-0.15, -0.1) is 0 Å². The first-order valence-electron chi connectivity index (χ1n) is 8.59. The number of aromatic nitrogens is 2. The Bertz CT molecular complexity index is 464. The highest BCUT2D eigenvalue weighted by Gasteiger charge is 2.39. The summed E-state index contributed by atoms with van der Waals surface area (Å²) in [5.74, 6) is 0.648. The summed E-state index contributed by atoms with van der Waals surface area (Å²) in [7, 11) is 0. The average molecular weight is 289 g/mol.